The normalized spacial score (nSPS) is 18.2. The second kappa shape index (κ2) is 7.20. The third-order valence-corrected chi connectivity index (χ3v) is 5.33. The van der Waals surface area contributed by atoms with Crippen LogP contribution in [-0.2, 0) is 11.2 Å². The Morgan fingerprint density at radius 3 is 2.60 bits per heavy atom. The van der Waals surface area contributed by atoms with Gasteiger partial charge in [-0.3, -0.25) is 4.79 Å². The van der Waals surface area contributed by atoms with Crippen LogP contribution in [0.2, 0.25) is 5.02 Å². The molecule has 0 saturated carbocycles. The van der Waals surface area contributed by atoms with E-state index in [0.717, 1.165) is 47.1 Å². The smallest absolute Gasteiger partial charge is 0.304 e. The van der Waals surface area contributed by atoms with Gasteiger partial charge in [-0.25, -0.2) is 4.98 Å². The first-order valence-corrected chi connectivity index (χ1v) is 9.34. The zero-order valence-electron chi connectivity index (χ0n) is 15.0. The highest BCUT2D eigenvalue weighted by molar-refractivity contribution is 6.30. The Morgan fingerprint density at radius 2 is 2.00 bits per heavy atom. The number of aromatic nitrogens is 2. The van der Waals surface area contributed by atoms with E-state index < -0.39 is 5.97 Å². The summed E-state index contributed by atoms with van der Waals surface area (Å²) in [5.74, 6) is 0.627. The van der Waals surface area contributed by atoms with Crippen LogP contribution in [0.4, 0.5) is 0 Å². The summed E-state index contributed by atoms with van der Waals surface area (Å²) in [5.41, 5.74) is 3.37. The van der Waals surface area contributed by atoms with Crippen LogP contribution < -0.4 is 0 Å². The molecule has 1 aliphatic rings. The molecule has 2 aromatic rings. The number of aryl methyl sites for hydroxylation is 1. The lowest BCUT2D eigenvalue weighted by atomic mass is 9.87. The van der Waals surface area contributed by atoms with E-state index in [0.29, 0.717) is 0 Å². The van der Waals surface area contributed by atoms with E-state index in [1.54, 1.807) is 0 Å². The van der Waals surface area contributed by atoms with Crippen molar-refractivity contribution in [1.82, 2.24) is 9.55 Å². The van der Waals surface area contributed by atoms with Crippen molar-refractivity contribution in [3.8, 4) is 0 Å². The molecule has 5 heteroatoms. The lowest BCUT2D eigenvalue weighted by Gasteiger charge is -2.27. The minimum atomic E-state index is -0.740. The van der Waals surface area contributed by atoms with Crippen LogP contribution in [0.25, 0.3) is 0 Å². The number of aliphatic carboxylic acids is 1. The molecule has 1 aromatic carbocycles. The van der Waals surface area contributed by atoms with Crippen LogP contribution in [-0.4, -0.2) is 20.6 Å². The van der Waals surface area contributed by atoms with Crippen LogP contribution in [0.15, 0.2) is 24.3 Å². The van der Waals surface area contributed by atoms with Gasteiger partial charge in [0.05, 0.1) is 18.2 Å². The number of hydrogen-bond donors (Lipinski definition) is 1. The molecule has 1 unspecified atom stereocenters. The van der Waals surface area contributed by atoms with Gasteiger partial charge in [-0.05, 0) is 43.9 Å². The SMILES string of the molecule is CC(C)c1nc2c(n1[C@@H](C)c1ccc(Cl)cc1)C(CC(=O)O)CCC2. The number of nitrogens with zero attached hydrogens (tertiary/aromatic N) is 2. The van der Waals surface area contributed by atoms with Crippen molar-refractivity contribution in [2.24, 2.45) is 0 Å². The molecule has 4 nitrogen and oxygen atoms in total. The van der Waals surface area contributed by atoms with Crippen molar-refractivity contribution in [3.05, 3.63) is 52.1 Å². The van der Waals surface area contributed by atoms with Gasteiger partial charge in [0.1, 0.15) is 5.82 Å². The molecule has 134 valence electrons. The molecule has 2 atom stereocenters. The lowest BCUT2D eigenvalue weighted by molar-refractivity contribution is -0.137. The molecule has 0 saturated heterocycles. The topological polar surface area (TPSA) is 55.1 Å². The maximum Gasteiger partial charge on any atom is 0.304 e. The van der Waals surface area contributed by atoms with E-state index in [-0.39, 0.29) is 24.3 Å². The molecular weight excluding hydrogens is 336 g/mol. The number of carbonyl (C=O) groups is 1. The maximum atomic E-state index is 11.4. The van der Waals surface area contributed by atoms with Gasteiger partial charge in [0.2, 0.25) is 0 Å². The van der Waals surface area contributed by atoms with Crippen molar-refractivity contribution in [2.75, 3.05) is 0 Å². The Balaban J connectivity index is 2.11. The second-order valence-corrected chi connectivity index (χ2v) is 7.68. The van der Waals surface area contributed by atoms with Crippen molar-refractivity contribution >= 4 is 17.6 Å². The maximum absolute atomic E-state index is 11.4. The highest BCUT2D eigenvalue weighted by atomic mass is 35.5. The predicted octanol–water partition coefficient (Wildman–Crippen LogP) is 5.16. The number of carboxylic acids is 1. The number of fused-ring (bicyclic) bond motifs is 1. The Morgan fingerprint density at radius 1 is 1.32 bits per heavy atom. The van der Waals surface area contributed by atoms with Gasteiger partial charge in [-0.2, -0.15) is 0 Å². The molecule has 1 aliphatic carbocycles. The fraction of sp³-hybridized carbons (Fsp3) is 0.500. The molecule has 3 rings (SSSR count). The Bertz CT molecular complexity index is 765. The molecule has 1 aromatic heterocycles. The van der Waals surface area contributed by atoms with Gasteiger partial charge >= 0.3 is 5.97 Å². The average Bonchev–Trinajstić information content (AvgIpc) is 2.95. The summed E-state index contributed by atoms with van der Waals surface area (Å²) >= 11 is 6.03. The van der Waals surface area contributed by atoms with Crippen LogP contribution >= 0.6 is 11.6 Å². The molecule has 0 fully saturated rings. The fourth-order valence-electron chi connectivity index (χ4n) is 3.89. The summed E-state index contributed by atoms with van der Waals surface area (Å²) in [5, 5.41) is 10.1. The van der Waals surface area contributed by atoms with E-state index in [1.807, 2.05) is 24.3 Å². The molecule has 25 heavy (non-hydrogen) atoms. The molecule has 0 amide bonds. The molecule has 0 bridgehead atoms. The highest BCUT2D eigenvalue weighted by Gasteiger charge is 2.32. The number of rotatable bonds is 5. The predicted molar refractivity (Wildman–Crippen MR) is 99.5 cm³/mol. The van der Waals surface area contributed by atoms with Crippen LogP contribution in [0.5, 0.6) is 0 Å². The summed E-state index contributed by atoms with van der Waals surface area (Å²) in [4.78, 5) is 16.3. The van der Waals surface area contributed by atoms with Crippen LogP contribution in [0.1, 0.15) is 80.7 Å². The van der Waals surface area contributed by atoms with Gasteiger partial charge in [0, 0.05) is 22.6 Å². The third kappa shape index (κ3) is 3.59. The van der Waals surface area contributed by atoms with E-state index in [2.05, 4.69) is 25.3 Å². The van der Waals surface area contributed by atoms with E-state index >= 15 is 0 Å². The Hall–Kier alpha value is -1.81. The first kappa shape index (κ1) is 18.0. The quantitative estimate of drug-likeness (QED) is 0.800. The highest BCUT2D eigenvalue weighted by Crippen LogP contribution is 2.39. The first-order chi connectivity index (χ1) is 11.9. The molecule has 1 N–H and O–H groups in total. The summed E-state index contributed by atoms with van der Waals surface area (Å²) < 4.78 is 2.29. The summed E-state index contributed by atoms with van der Waals surface area (Å²) in [6.45, 7) is 6.44. The lowest BCUT2D eigenvalue weighted by Crippen LogP contribution is -2.21. The zero-order chi connectivity index (χ0) is 18.1. The summed E-state index contributed by atoms with van der Waals surface area (Å²) in [6, 6.07) is 7.98. The summed E-state index contributed by atoms with van der Waals surface area (Å²) in [6.07, 6.45) is 3.03. The molecule has 0 radical (unpaired) electrons. The fourth-order valence-corrected chi connectivity index (χ4v) is 4.02. The minimum Gasteiger partial charge on any atom is -0.481 e. The van der Waals surface area contributed by atoms with Crippen molar-refractivity contribution in [3.63, 3.8) is 0 Å². The van der Waals surface area contributed by atoms with Crippen molar-refractivity contribution in [1.29, 1.82) is 0 Å². The summed E-state index contributed by atoms with van der Waals surface area (Å²) in [7, 11) is 0. The van der Waals surface area contributed by atoms with Gasteiger partial charge in [-0.1, -0.05) is 37.6 Å². The average molecular weight is 361 g/mol. The van der Waals surface area contributed by atoms with E-state index in [4.69, 9.17) is 16.6 Å². The third-order valence-electron chi connectivity index (χ3n) is 5.08. The van der Waals surface area contributed by atoms with Gasteiger partial charge < -0.3 is 9.67 Å². The molecule has 0 aliphatic heterocycles. The molecule has 1 heterocycles. The zero-order valence-corrected chi connectivity index (χ0v) is 15.8. The minimum absolute atomic E-state index is 0.0380. The molecule has 0 spiro atoms. The Kier molecular flexibility index (Phi) is 5.19. The Labute approximate surface area is 153 Å². The van der Waals surface area contributed by atoms with Crippen molar-refractivity contribution in [2.45, 2.75) is 64.3 Å². The number of hydrogen-bond acceptors (Lipinski definition) is 2. The second-order valence-electron chi connectivity index (χ2n) is 7.24. The number of halogens is 1. The number of imidazole rings is 1. The van der Waals surface area contributed by atoms with Crippen LogP contribution in [0, 0.1) is 0 Å². The first-order valence-electron chi connectivity index (χ1n) is 8.96. The van der Waals surface area contributed by atoms with Gasteiger partial charge in [0.15, 0.2) is 0 Å². The van der Waals surface area contributed by atoms with Gasteiger partial charge in [-0.15, -0.1) is 0 Å². The monoisotopic (exact) mass is 360 g/mol. The van der Waals surface area contributed by atoms with Gasteiger partial charge in [0.25, 0.3) is 0 Å². The number of carboxylic acid groups (broad SMARTS) is 1. The number of benzene rings is 1. The largest absolute Gasteiger partial charge is 0.481 e. The van der Waals surface area contributed by atoms with E-state index in [9.17, 15) is 9.90 Å². The van der Waals surface area contributed by atoms with Crippen molar-refractivity contribution < 1.29 is 9.90 Å². The molecular formula is C20H25ClN2O2. The van der Waals surface area contributed by atoms with Crippen LogP contribution in [0.3, 0.4) is 0 Å². The van der Waals surface area contributed by atoms with E-state index in [1.165, 1.54) is 0 Å². The standard InChI is InChI=1S/C20H25ClN2O2/c1-12(2)20-22-17-6-4-5-15(11-18(24)25)19(17)23(20)13(3)14-7-9-16(21)10-8-14/h7-10,12-13,15H,4-6,11H2,1-3H3,(H,24,25)/t13-,15?/m0/s1.